The predicted molar refractivity (Wildman–Crippen MR) is 380 cm³/mol. The van der Waals surface area contributed by atoms with E-state index >= 15 is 0 Å². The molecule has 0 N–H and O–H groups in total. The van der Waals surface area contributed by atoms with Gasteiger partial charge in [-0.25, -0.2) is 0 Å². The van der Waals surface area contributed by atoms with Gasteiger partial charge in [0.2, 0.25) is 0 Å². The van der Waals surface area contributed by atoms with E-state index in [-0.39, 0.29) is 0 Å². The van der Waals surface area contributed by atoms with Gasteiger partial charge in [-0.1, -0.05) is 309 Å². The Labute approximate surface area is 515 Å². The summed E-state index contributed by atoms with van der Waals surface area (Å²) in [4.78, 5) is 0. The van der Waals surface area contributed by atoms with Gasteiger partial charge >= 0.3 is 0 Å². The van der Waals surface area contributed by atoms with E-state index in [0.717, 1.165) is 33.1 Å². The third-order valence-electron chi connectivity index (χ3n) is 18.9. The number of furan rings is 1. The first-order chi connectivity index (χ1) is 44.2. The number of hydrogen-bond acceptors (Lipinski definition) is 1. The van der Waals surface area contributed by atoms with Crippen LogP contribution in [0.2, 0.25) is 0 Å². The summed E-state index contributed by atoms with van der Waals surface area (Å²) in [6.07, 6.45) is 0. The molecule has 0 aliphatic rings. The highest BCUT2D eigenvalue weighted by Gasteiger charge is 2.23. The van der Waals surface area contributed by atoms with Gasteiger partial charge < -0.3 is 4.42 Å². The molecule has 1 heteroatoms. The molecule has 89 heavy (non-hydrogen) atoms. The van der Waals surface area contributed by atoms with Crippen LogP contribution in [0.1, 0.15) is 0 Å². The first-order valence-electron chi connectivity index (χ1n) is 30.8. The largest absolute Gasteiger partial charge is 0.455 e. The molecule has 0 atom stereocenters. The number of benzene rings is 17. The van der Waals surface area contributed by atoms with Crippen molar-refractivity contribution in [2.75, 3.05) is 0 Å². The molecule has 0 fully saturated rings. The summed E-state index contributed by atoms with van der Waals surface area (Å²) in [7, 11) is 0. The Kier molecular flexibility index (Phi) is 11.7. The molecule has 0 amide bonds. The van der Waals surface area contributed by atoms with E-state index in [1.807, 2.05) is 6.07 Å². The van der Waals surface area contributed by atoms with Gasteiger partial charge in [-0.3, -0.25) is 0 Å². The van der Waals surface area contributed by atoms with Crippen molar-refractivity contribution in [3.63, 3.8) is 0 Å². The fourth-order valence-corrected chi connectivity index (χ4v) is 15.0. The Morgan fingerprint density at radius 3 is 0.944 bits per heavy atom. The van der Waals surface area contributed by atoms with Crippen LogP contribution >= 0.6 is 0 Å². The van der Waals surface area contributed by atoms with Crippen molar-refractivity contribution in [2.45, 2.75) is 0 Å². The smallest absolute Gasteiger partial charge is 0.143 e. The van der Waals surface area contributed by atoms with Gasteiger partial charge in [0.15, 0.2) is 0 Å². The van der Waals surface area contributed by atoms with E-state index in [1.165, 1.54) is 153 Å². The predicted octanol–water partition coefficient (Wildman–Crippen LogP) is 25.0. The summed E-state index contributed by atoms with van der Waals surface area (Å²) < 4.78 is 6.56. The molecule has 1 heterocycles. The minimum atomic E-state index is 0.905. The Morgan fingerprint density at radius 1 is 0.157 bits per heavy atom. The summed E-state index contributed by atoms with van der Waals surface area (Å²) in [6.45, 7) is 0. The zero-order valence-electron chi connectivity index (χ0n) is 48.6. The molecule has 0 bridgehead atoms. The van der Waals surface area contributed by atoms with E-state index in [9.17, 15) is 0 Å². The zero-order valence-corrected chi connectivity index (χ0v) is 48.6. The Balaban J connectivity index is 0.723. The summed E-state index contributed by atoms with van der Waals surface area (Å²) in [5.41, 5.74) is 21.1. The van der Waals surface area contributed by atoms with Crippen molar-refractivity contribution in [2.24, 2.45) is 0 Å². The molecule has 1 aromatic heterocycles. The third-order valence-corrected chi connectivity index (χ3v) is 18.9. The van der Waals surface area contributed by atoms with Crippen molar-refractivity contribution in [3.05, 3.63) is 328 Å². The standard InChI is InChI=1S/C88H54O/c1-2-27-62-55(21-1)22-19-41-63(62)58-23-17-25-60(53-58)84-72-33-7-11-37-76(72)86(77-38-12-8-34-73(77)84)80-51-49-64(67-28-3-5-30-69(67)80)56-45-47-57(48-46-56)65-50-52-81(70-31-6-4-29-68(65)70)87-78-39-13-9-35-74(78)85(75-36-10-14-40-79(75)87)61-26-18-24-59(54-61)66-42-20-43-82-71-32-15-16-44-83(71)89-88(66)82/h1-54H. The van der Waals surface area contributed by atoms with E-state index < -0.39 is 0 Å². The minimum Gasteiger partial charge on any atom is -0.455 e. The number of para-hydroxylation sites is 2. The maximum absolute atomic E-state index is 6.56. The van der Waals surface area contributed by atoms with Crippen LogP contribution in [0, 0.1) is 0 Å². The second-order valence-corrected chi connectivity index (χ2v) is 23.6. The maximum atomic E-state index is 6.56. The first kappa shape index (κ1) is 50.7. The van der Waals surface area contributed by atoms with Gasteiger partial charge in [-0.05, 0) is 177 Å². The first-order valence-corrected chi connectivity index (χ1v) is 30.8. The van der Waals surface area contributed by atoms with Crippen LogP contribution in [0.5, 0.6) is 0 Å². The molecule has 18 aromatic rings. The highest BCUT2D eigenvalue weighted by atomic mass is 16.3. The van der Waals surface area contributed by atoms with Gasteiger partial charge in [-0.2, -0.15) is 0 Å². The Morgan fingerprint density at radius 2 is 0.461 bits per heavy atom. The van der Waals surface area contributed by atoms with Crippen LogP contribution in [-0.2, 0) is 0 Å². The molecule has 0 saturated carbocycles. The lowest BCUT2D eigenvalue weighted by atomic mass is 9.83. The lowest BCUT2D eigenvalue weighted by Crippen LogP contribution is -1.93. The molecule has 0 spiro atoms. The lowest BCUT2D eigenvalue weighted by Gasteiger charge is -2.20. The second-order valence-electron chi connectivity index (χ2n) is 23.6. The van der Waals surface area contributed by atoms with Crippen LogP contribution in [0.4, 0.5) is 0 Å². The molecular weight excluding hydrogens is 1070 g/mol. The van der Waals surface area contributed by atoms with Crippen LogP contribution < -0.4 is 0 Å². The van der Waals surface area contributed by atoms with E-state index in [2.05, 4.69) is 322 Å². The van der Waals surface area contributed by atoms with Crippen molar-refractivity contribution >= 4 is 97.3 Å². The zero-order chi connectivity index (χ0) is 58.5. The highest BCUT2D eigenvalue weighted by Crippen LogP contribution is 2.50. The molecule has 412 valence electrons. The SMILES string of the molecule is c1cc(-c2cccc3ccccc23)cc(-c2c3ccccc3c(-c3ccc(-c4ccc(-c5ccc(-c6c7ccccc7c(-c7cccc(-c8cccc9c8oc8ccccc89)c7)c7ccccc67)c6ccccc56)cc4)c4ccccc34)c3ccccc23)c1. The molecule has 18 rings (SSSR count). The van der Waals surface area contributed by atoms with Crippen molar-refractivity contribution < 1.29 is 4.42 Å². The van der Waals surface area contributed by atoms with Crippen LogP contribution in [-0.4, -0.2) is 0 Å². The molecule has 0 aliphatic carbocycles. The molecule has 0 unspecified atom stereocenters. The summed E-state index contributed by atoms with van der Waals surface area (Å²) >= 11 is 0. The van der Waals surface area contributed by atoms with Crippen molar-refractivity contribution in [1.29, 1.82) is 0 Å². The number of rotatable bonds is 8. The average molecular weight is 1130 g/mol. The summed E-state index contributed by atoms with van der Waals surface area (Å²) in [6, 6.07) is 121. The van der Waals surface area contributed by atoms with Gasteiger partial charge in [0.05, 0.1) is 0 Å². The fraction of sp³-hybridized carbons (Fsp3) is 0. The van der Waals surface area contributed by atoms with Crippen molar-refractivity contribution in [1.82, 2.24) is 0 Å². The van der Waals surface area contributed by atoms with Crippen LogP contribution in [0.15, 0.2) is 332 Å². The molecule has 0 aliphatic heterocycles. The summed E-state index contributed by atoms with van der Waals surface area (Å²) in [5, 5.41) is 19.5. The molecule has 0 radical (unpaired) electrons. The highest BCUT2D eigenvalue weighted by molar-refractivity contribution is 6.26. The summed E-state index contributed by atoms with van der Waals surface area (Å²) in [5.74, 6) is 0. The van der Waals surface area contributed by atoms with Crippen LogP contribution in [0.25, 0.3) is 186 Å². The normalized spacial score (nSPS) is 11.8. The van der Waals surface area contributed by atoms with Gasteiger partial charge in [0.25, 0.3) is 0 Å². The third kappa shape index (κ3) is 8.10. The monoisotopic (exact) mass is 1130 g/mol. The van der Waals surface area contributed by atoms with E-state index in [0.29, 0.717) is 0 Å². The number of hydrogen-bond donors (Lipinski definition) is 0. The minimum absolute atomic E-state index is 0.905. The van der Waals surface area contributed by atoms with Crippen molar-refractivity contribution in [3.8, 4) is 89.0 Å². The van der Waals surface area contributed by atoms with E-state index in [4.69, 9.17) is 4.42 Å². The molecule has 17 aromatic carbocycles. The average Bonchev–Trinajstić information content (AvgIpc) is 1.45. The maximum Gasteiger partial charge on any atom is 0.143 e. The van der Waals surface area contributed by atoms with Gasteiger partial charge in [-0.15, -0.1) is 0 Å². The quantitative estimate of drug-likeness (QED) is 0.138. The van der Waals surface area contributed by atoms with Crippen LogP contribution in [0.3, 0.4) is 0 Å². The molecular formula is C88H54O. The van der Waals surface area contributed by atoms with Gasteiger partial charge in [0, 0.05) is 16.3 Å². The fourth-order valence-electron chi connectivity index (χ4n) is 15.0. The lowest BCUT2D eigenvalue weighted by molar-refractivity contribution is 0.670. The van der Waals surface area contributed by atoms with E-state index in [1.54, 1.807) is 0 Å². The van der Waals surface area contributed by atoms with Gasteiger partial charge in [0.1, 0.15) is 11.2 Å². The Bertz CT molecular complexity index is 5800. The Hall–Kier alpha value is -11.6. The number of fused-ring (bicyclic) bond motifs is 10. The topological polar surface area (TPSA) is 13.1 Å². The second kappa shape index (κ2) is 20.5. The molecule has 1 nitrogen and oxygen atoms in total. The molecule has 0 saturated heterocycles.